The van der Waals surface area contributed by atoms with E-state index < -0.39 is 10.0 Å². The molecule has 2 aromatic rings. The Hall–Kier alpha value is -1.18. The average molecular weight is 285 g/mol. The standard InChI is InChI=1S/C11H15N3O2S2/c1-2-3-6-12-18(15,16)8-4-5-9-10(7-8)14-11(17)13-9/h4-5,7,12H,2-3,6H2,1H3,(H2,13,14,17). The Morgan fingerprint density at radius 3 is 2.72 bits per heavy atom. The molecule has 0 bridgehead atoms. The molecule has 0 unspecified atom stereocenters. The van der Waals surface area contributed by atoms with Crippen molar-refractivity contribution in [2.45, 2.75) is 24.7 Å². The first-order valence-corrected chi connectivity index (χ1v) is 7.64. The van der Waals surface area contributed by atoms with Crippen LogP contribution in [-0.4, -0.2) is 24.9 Å². The molecule has 0 aliphatic heterocycles. The molecule has 98 valence electrons. The molecule has 0 amide bonds. The number of sulfonamides is 1. The lowest BCUT2D eigenvalue weighted by Crippen LogP contribution is -2.24. The number of imidazole rings is 1. The third kappa shape index (κ3) is 2.80. The smallest absolute Gasteiger partial charge is 0.240 e. The van der Waals surface area contributed by atoms with Gasteiger partial charge in [-0.15, -0.1) is 0 Å². The van der Waals surface area contributed by atoms with Gasteiger partial charge in [0.2, 0.25) is 10.0 Å². The second kappa shape index (κ2) is 5.21. The molecule has 1 aromatic carbocycles. The van der Waals surface area contributed by atoms with E-state index in [-0.39, 0.29) is 4.90 Å². The van der Waals surface area contributed by atoms with Crippen LogP contribution in [0.4, 0.5) is 0 Å². The van der Waals surface area contributed by atoms with Gasteiger partial charge in [-0.05, 0) is 36.8 Å². The van der Waals surface area contributed by atoms with Crippen LogP contribution in [0.5, 0.6) is 0 Å². The van der Waals surface area contributed by atoms with Gasteiger partial charge in [-0.1, -0.05) is 13.3 Å². The van der Waals surface area contributed by atoms with Gasteiger partial charge in [0, 0.05) is 6.54 Å². The van der Waals surface area contributed by atoms with Gasteiger partial charge in [0.15, 0.2) is 4.77 Å². The van der Waals surface area contributed by atoms with Crippen LogP contribution in [-0.2, 0) is 10.0 Å². The fraction of sp³-hybridized carbons (Fsp3) is 0.364. The van der Waals surface area contributed by atoms with Crippen molar-refractivity contribution in [1.82, 2.24) is 14.7 Å². The molecular weight excluding hydrogens is 270 g/mol. The number of hydrogen-bond acceptors (Lipinski definition) is 3. The summed E-state index contributed by atoms with van der Waals surface area (Å²) in [7, 11) is -3.43. The molecule has 2 rings (SSSR count). The van der Waals surface area contributed by atoms with E-state index in [9.17, 15) is 8.42 Å². The summed E-state index contributed by atoms with van der Waals surface area (Å²) in [4.78, 5) is 6.09. The topological polar surface area (TPSA) is 77.8 Å². The maximum Gasteiger partial charge on any atom is 0.240 e. The first-order chi connectivity index (χ1) is 8.53. The summed E-state index contributed by atoms with van der Waals surface area (Å²) in [5.74, 6) is 0. The van der Waals surface area contributed by atoms with E-state index >= 15 is 0 Å². The van der Waals surface area contributed by atoms with Gasteiger partial charge in [0.1, 0.15) is 0 Å². The average Bonchev–Trinajstić information content (AvgIpc) is 2.68. The Labute approximate surface area is 111 Å². The SMILES string of the molecule is CCCCNS(=O)(=O)c1ccc2[nH]c(=S)[nH]c2c1. The quantitative estimate of drug-likeness (QED) is 0.582. The fourth-order valence-electron chi connectivity index (χ4n) is 1.65. The fourth-order valence-corrected chi connectivity index (χ4v) is 2.97. The molecule has 3 N–H and O–H groups in total. The summed E-state index contributed by atoms with van der Waals surface area (Å²) in [5, 5.41) is 0. The number of hydrogen-bond donors (Lipinski definition) is 3. The second-order valence-corrected chi connectivity index (χ2v) is 6.21. The van der Waals surface area contributed by atoms with E-state index in [4.69, 9.17) is 12.2 Å². The number of H-pyrrole nitrogens is 2. The Bertz CT molecular complexity index is 700. The minimum atomic E-state index is -3.43. The zero-order valence-electron chi connectivity index (χ0n) is 9.99. The van der Waals surface area contributed by atoms with Crippen molar-refractivity contribution in [2.75, 3.05) is 6.54 Å². The van der Waals surface area contributed by atoms with Crippen LogP contribution >= 0.6 is 12.2 Å². The van der Waals surface area contributed by atoms with Crippen LogP contribution < -0.4 is 4.72 Å². The van der Waals surface area contributed by atoms with Gasteiger partial charge in [0.25, 0.3) is 0 Å². The van der Waals surface area contributed by atoms with E-state index in [1.165, 1.54) is 0 Å². The molecule has 0 saturated heterocycles. The molecule has 0 aliphatic rings. The van der Waals surface area contributed by atoms with Crippen molar-refractivity contribution < 1.29 is 8.42 Å². The molecule has 7 heteroatoms. The van der Waals surface area contributed by atoms with Crippen LogP contribution in [0.3, 0.4) is 0 Å². The molecule has 1 heterocycles. The van der Waals surface area contributed by atoms with Gasteiger partial charge in [-0.25, -0.2) is 13.1 Å². The Morgan fingerprint density at radius 2 is 2.00 bits per heavy atom. The summed E-state index contributed by atoms with van der Waals surface area (Å²) in [5.41, 5.74) is 1.49. The first kappa shape index (κ1) is 13.3. The lowest BCUT2D eigenvalue weighted by Gasteiger charge is -2.05. The molecule has 0 saturated carbocycles. The van der Waals surface area contributed by atoms with Crippen molar-refractivity contribution in [2.24, 2.45) is 0 Å². The number of unbranched alkanes of at least 4 members (excludes halogenated alkanes) is 1. The monoisotopic (exact) mass is 285 g/mol. The van der Waals surface area contributed by atoms with Gasteiger partial charge in [0.05, 0.1) is 15.9 Å². The maximum atomic E-state index is 12.0. The van der Waals surface area contributed by atoms with Crippen molar-refractivity contribution in [3.05, 3.63) is 23.0 Å². The zero-order valence-corrected chi connectivity index (χ0v) is 11.6. The van der Waals surface area contributed by atoms with Crippen LogP contribution in [0.1, 0.15) is 19.8 Å². The van der Waals surface area contributed by atoms with Crippen molar-refractivity contribution >= 4 is 33.3 Å². The lowest BCUT2D eigenvalue weighted by atomic mass is 10.3. The van der Waals surface area contributed by atoms with E-state index in [1.807, 2.05) is 6.92 Å². The van der Waals surface area contributed by atoms with Crippen molar-refractivity contribution in [3.63, 3.8) is 0 Å². The van der Waals surface area contributed by atoms with Crippen molar-refractivity contribution in [3.8, 4) is 0 Å². The highest BCUT2D eigenvalue weighted by atomic mass is 32.2. The largest absolute Gasteiger partial charge is 0.331 e. The van der Waals surface area contributed by atoms with E-state index in [0.717, 1.165) is 18.4 Å². The third-order valence-corrected chi connectivity index (χ3v) is 4.28. The van der Waals surface area contributed by atoms with Gasteiger partial charge in [-0.2, -0.15) is 0 Å². The Morgan fingerprint density at radius 1 is 1.28 bits per heavy atom. The minimum Gasteiger partial charge on any atom is -0.331 e. The number of fused-ring (bicyclic) bond motifs is 1. The highest BCUT2D eigenvalue weighted by Crippen LogP contribution is 2.16. The minimum absolute atomic E-state index is 0.247. The predicted octanol–water partition coefficient (Wildman–Crippen LogP) is 2.30. The Kier molecular flexibility index (Phi) is 3.84. The normalized spacial score (nSPS) is 12.1. The van der Waals surface area contributed by atoms with Crippen LogP contribution in [0.2, 0.25) is 0 Å². The zero-order chi connectivity index (χ0) is 13.2. The summed E-state index contributed by atoms with van der Waals surface area (Å²) in [6.07, 6.45) is 1.78. The molecule has 18 heavy (non-hydrogen) atoms. The van der Waals surface area contributed by atoms with Gasteiger partial charge in [-0.3, -0.25) is 0 Å². The third-order valence-electron chi connectivity index (χ3n) is 2.62. The number of aromatic amines is 2. The van der Waals surface area contributed by atoms with Gasteiger partial charge >= 0.3 is 0 Å². The summed E-state index contributed by atoms with van der Waals surface area (Å²) in [6, 6.07) is 4.85. The van der Waals surface area contributed by atoms with Gasteiger partial charge < -0.3 is 9.97 Å². The number of aromatic nitrogens is 2. The highest BCUT2D eigenvalue weighted by Gasteiger charge is 2.13. The molecule has 0 atom stereocenters. The number of nitrogens with one attached hydrogen (secondary N) is 3. The van der Waals surface area contributed by atoms with E-state index in [1.54, 1.807) is 18.2 Å². The Balaban J connectivity index is 2.32. The molecule has 0 aliphatic carbocycles. The highest BCUT2D eigenvalue weighted by molar-refractivity contribution is 7.89. The van der Waals surface area contributed by atoms with Crippen LogP contribution in [0.15, 0.2) is 23.1 Å². The molecule has 1 aromatic heterocycles. The van der Waals surface area contributed by atoms with E-state index in [0.29, 0.717) is 16.8 Å². The maximum absolute atomic E-state index is 12.0. The molecule has 0 spiro atoms. The molecule has 0 radical (unpaired) electrons. The summed E-state index contributed by atoms with van der Waals surface area (Å²) in [6.45, 7) is 2.47. The summed E-state index contributed by atoms with van der Waals surface area (Å²) >= 11 is 4.96. The number of rotatable bonds is 5. The molecule has 0 fully saturated rings. The van der Waals surface area contributed by atoms with Crippen LogP contribution in [0.25, 0.3) is 11.0 Å². The molecular formula is C11H15N3O2S2. The van der Waals surface area contributed by atoms with Crippen molar-refractivity contribution in [1.29, 1.82) is 0 Å². The lowest BCUT2D eigenvalue weighted by molar-refractivity contribution is 0.578. The number of benzene rings is 1. The first-order valence-electron chi connectivity index (χ1n) is 5.74. The second-order valence-electron chi connectivity index (χ2n) is 4.04. The predicted molar refractivity (Wildman–Crippen MR) is 73.6 cm³/mol. The molecule has 5 nitrogen and oxygen atoms in total. The van der Waals surface area contributed by atoms with Crippen LogP contribution in [0, 0.1) is 4.77 Å². The van der Waals surface area contributed by atoms with E-state index in [2.05, 4.69) is 14.7 Å². The summed E-state index contributed by atoms with van der Waals surface area (Å²) < 4.78 is 27.0.